The minimum absolute atomic E-state index is 0.325. The second-order valence-electron chi connectivity index (χ2n) is 7.14. The molecule has 24 heavy (non-hydrogen) atoms. The molecule has 1 rings (SSSR count). The molecule has 0 aliphatic carbocycles. The molecule has 134 valence electrons. The van der Waals surface area contributed by atoms with Crippen LogP contribution in [0.4, 0.5) is 15.4 Å². The molecule has 0 fully saturated rings. The Morgan fingerprint density at radius 1 is 1.04 bits per heavy atom. The van der Waals surface area contributed by atoms with Gasteiger partial charge in [0.2, 0.25) is 0 Å². The number of carboxylic acids is 1. The van der Waals surface area contributed by atoms with Crippen LogP contribution in [0.25, 0.3) is 0 Å². The van der Waals surface area contributed by atoms with Crippen molar-refractivity contribution in [3.8, 4) is 0 Å². The van der Waals surface area contributed by atoms with Crippen LogP contribution in [0.15, 0.2) is 6.20 Å². The minimum atomic E-state index is -1.34. The number of nitrogens with zero attached hydrogens (tertiary/aromatic N) is 3. The summed E-state index contributed by atoms with van der Waals surface area (Å²) in [6, 6.07) is 0. The number of hydrogen-bond acceptors (Lipinski definition) is 6. The summed E-state index contributed by atoms with van der Waals surface area (Å²) in [5.74, 6) is -1.70. The molecule has 1 aromatic rings. The first-order valence-corrected chi connectivity index (χ1v) is 7.24. The Labute approximate surface area is 140 Å². The van der Waals surface area contributed by atoms with Gasteiger partial charge in [0.1, 0.15) is 16.8 Å². The zero-order valence-corrected chi connectivity index (χ0v) is 14.9. The van der Waals surface area contributed by atoms with Crippen molar-refractivity contribution < 1.29 is 29.0 Å². The van der Waals surface area contributed by atoms with E-state index in [4.69, 9.17) is 9.47 Å². The van der Waals surface area contributed by atoms with Crippen molar-refractivity contribution in [3.63, 3.8) is 0 Å². The molecule has 0 spiro atoms. The van der Waals surface area contributed by atoms with Crippen LogP contribution in [-0.4, -0.2) is 44.2 Å². The fourth-order valence-electron chi connectivity index (χ4n) is 1.66. The van der Waals surface area contributed by atoms with E-state index in [9.17, 15) is 19.5 Å². The zero-order chi connectivity index (χ0) is 18.9. The van der Waals surface area contributed by atoms with E-state index >= 15 is 0 Å². The number of rotatable bonds is 2. The summed E-state index contributed by atoms with van der Waals surface area (Å²) >= 11 is 0. The average Bonchev–Trinajstić information content (AvgIpc) is 2.66. The molecule has 0 unspecified atom stereocenters. The maximum absolute atomic E-state index is 12.4. The van der Waals surface area contributed by atoms with E-state index < -0.39 is 29.4 Å². The predicted octanol–water partition coefficient (Wildman–Crippen LogP) is 2.79. The van der Waals surface area contributed by atoms with E-state index in [1.807, 2.05) is 0 Å². The Hall–Kier alpha value is -2.58. The highest BCUT2D eigenvalue weighted by atomic mass is 16.6. The van der Waals surface area contributed by atoms with Gasteiger partial charge in [-0.05, 0) is 41.5 Å². The maximum Gasteiger partial charge on any atom is 0.425 e. The van der Waals surface area contributed by atoms with Crippen molar-refractivity contribution in [2.45, 2.75) is 52.7 Å². The summed E-state index contributed by atoms with van der Waals surface area (Å²) in [5.41, 5.74) is -2.11. The van der Waals surface area contributed by atoms with Crippen molar-refractivity contribution in [1.29, 1.82) is 0 Å². The summed E-state index contributed by atoms with van der Waals surface area (Å²) in [6.07, 6.45) is -0.963. The molecule has 9 heteroatoms. The van der Waals surface area contributed by atoms with Crippen molar-refractivity contribution in [3.05, 3.63) is 11.8 Å². The van der Waals surface area contributed by atoms with Crippen molar-refractivity contribution in [2.75, 3.05) is 4.90 Å². The lowest BCUT2D eigenvalue weighted by Gasteiger charge is -2.27. The van der Waals surface area contributed by atoms with E-state index in [0.29, 0.717) is 4.90 Å². The van der Waals surface area contributed by atoms with Crippen LogP contribution in [0.3, 0.4) is 0 Å². The van der Waals surface area contributed by atoms with Gasteiger partial charge in [-0.1, -0.05) is 0 Å². The summed E-state index contributed by atoms with van der Waals surface area (Å²) in [6.45, 7) is 9.72. The number of aromatic carboxylic acids is 1. The number of imide groups is 1. The zero-order valence-electron chi connectivity index (χ0n) is 14.9. The highest BCUT2D eigenvalue weighted by molar-refractivity contribution is 6.12. The Morgan fingerprint density at radius 2 is 1.46 bits per heavy atom. The van der Waals surface area contributed by atoms with Crippen molar-refractivity contribution in [2.24, 2.45) is 7.05 Å². The Balaban J connectivity index is 3.36. The van der Waals surface area contributed by atoms with Crippen LogP contribution < -0.4 is 4.90 Å². The van der Waals surface area contributed by atoms with E-state index in [2.05, 4.69) is 5.10 Å². The lowest BCUT2D eigenvalue weighted by atomic mass is 10.2. The van der Waals surface area contributed by atoms with Crippen LogP contribution in [0.2, 0.25) is 0 Å². The van der Waals surface area contributed by atoms with Crippen LogP contribution >= 0.6 is 0 Å². The second-order valence-corrected chi connectivity index (χ2v) is 7.14. The van der Waals surface area contributed by atoms with E-state index in [1.54, 1.807) is 41.5 Å². The summed E-state index contributed by atoms with van der Waals surface area (Å²) < 4.78 is 11.5. The molecule has 0 aromatic carbocycles. The molecule has 0 atom stereocenters. The number of amides is 2. The molecule has 2 amide bonds. The van der Waals surface area contributed by atoms with Crippen LogP contribution in [0.1, 0.15) is 51.9 Å². The number of anilines is 1. The SMILES string of the molecule is Cn1cc(C(=O)O)c(N(C(=O)OC(C)(C)C)C(=O)OC(C)(C)C)n1. The van der Waals surface area contributed by atoms with Gasteiger partial charge in [-0.15, -0.1) is 0 Å². The van der Waals surface area contributed by atoms with Gasteiger partial charge < -0.3 is 14.6 Å². The molecule has 0 saturated heterocycles. The molecule has 1 aromatic heterocycles. The number of hydrogen-bond donors (Lipinski definition) is 1. The fourth-order valence-corrected chi connectivity index (χ4v) is 1.66. The average molecular weight is 341 g/mol. The third kappa shape index (κ3) is 5.25. The monoisotopic (exact) mass is 341 g/mol. The number of carbonyl (C=O) groups is 3. The topological polar surface area (TPSA) is 111 Å². The number of carboxylic acid groups (broad SMARTS) is 1. The maximum atomic E-state index is 12.4. The third-order valence-electron chi connectivity index (χ3n) is 2.40. The normalized spacial score (nSPS) is 11.8. The standard InChI is InChI=1S/C15H23N3O6/c1-14(2,3)23-12(21)18(13(22)24-15(4,5)6)10-9(11(19)20)8-17(7)16-10/h8H,1-7H3,(H,19,20). The van der Waals surface area contributed by atoms with Gasteiger partial charge in [-0.3, -0.25) is 4.68 Å². The molecule has 0 radical (unpaired) electrons. The van der Waals surface area contributed by atoms with Crippen LogP contribution in [0, 0.1) is 0 Å². The lowest BCUT2D eigenvalue weighted by Crippen LogP contribution is -2.44. The number of ether oxygens (including phenoxy) is 2. The summed E-state index contributed by atoms with van der Waals surface area (Å²) in [4.78, 5) is 36.7. The minimum Gasteiger partial charge on any atom is -0.477 e. The number of carbonyl (C=O) groups excluding carboxylic acids is 2. The quantitative estimate of drug-likeness (QED) is 0.880. The third-order valence-corrected chi connectivity index (χ3v) is 2.40. The van der Waals surface area contributed by atoms with Gasteiger partial charge >= 0.3 is 18.2 Å². The summed E-state index contributed by atoms with van der Waals surface area (Å²) in [7, 11) is 1.47. The van der Waals surface area contributed by atoms with Crippen LogP contribution in [0.5, 0.6) is 0 Å². The molecule has 0 aliphatic rings. The van der Waals surface area contributed by atoms with Gasteiger partial charge in [0.25, 0.3) is 0 Å². The second kappa shape index (κ2) is 6.50. The fraction of sp³-hybridized carbons (Fsp3) is 0.600. The molecule has 0 bridgehead atoms. The van der Waals surface area contributed by atoms with Gasteiger partial charge in [-0.25, -0.2) is 14.4 Å². The number of aryl methyl sites for hydroxylation is 1. The molecule has 1 heterocycles. The van der Waals surface area contributed by atoms with E-state index in [-0.39, 0.29) is 11.4 Å². The Morgan fingerprint density at radius 3 is 1.79 bits per heavy atom. The Kier molecular flexibility index (Phi) is 5.27. The largest absolute Gasteiger partial charge is 0.477 e. The first-order chi connectivity index (χ1) is 10.7. The van der Waals surface area contributed by atoms with E-state index in [0.717, 1.165) is 0 Å². The van der Waals surface area contributed by atoms with Gasteiger partial charge in [0.05, 0.1) is 0 Å². The highest BCUT2D eigenvalue weighted by Gasteiger charge is 2.37. The predicted molar refractivity (Wildman–Crippen MR) is 85.1 cm³/mol. The Bertz CT molecular complexity index is 623. The molecular weight excluding hydrogens is 318 g/mol. The molecule has 0 aliphatic heterocycles. The van der Waals surface area contributed by atoms with Gasteiger partial charge in [-0.2, -0.15) is 10.00 Å². The molecule has 9 nitrogen and oxygen atoms in total. The van der Waals surface area contributed by atoms with Crippen molar-refractivity contribution >= 4 is 24.0 Å². The summed E-state index contributed by atoms with van der Waals surface area (Å²) in [5, 5.41) is 13.2. The first kappa shape index (κ1) is 19.5. The van der Waals surface area contributed by atoms with E-state index in [1.165, 1.54) is 17.9 Å². The van der Waals surface area contributed by atoms with Gasteiger partial charge in [0.15, 0.2) is 5.82 Å². The molecule has 1 N–H and O–H groups in total. The van der Waals surface area contributed by atoms with Gasteiger partial charge in [0, 0.05) is 13.2 Å². The smallest absolute Gasteiger partial charge is 0.425 e. The van der Waals surface area contributed by atoms with Crippen LogP contribution in [-0.2, 0) is 16.5 Å². The number of aromatic nitrogens is 2. The first-order valence-electron chi connectivity index (χ1n) is 7.24. The highest BCUT2D eigenvalue weighted by Crippen LogP contribution is 2.23. The molecule has 0 saturated carbocycles. The van der Waals surface area contributed by atoms with Crippen molar-refractivity contribution in [1.82, 2.24) is 9.78 Å². The molecular formula is C15H23N3O6. The lowest BCUT2D eigenvalue weighted by molar-refractivity contribution is 0.0429.